The number of nitrogens with zero attached hydrogens (tertiary/aromatic N) is 1. The van der Waals surface area contributed by atoms with Gasteiger partial charge in [-0.15, -0.1) is 0 Å². The average molecular weight is 238 g/mol. The Morgan fingerprint density at radius 3 is 1.78 bits per heavy atom. The number of hydrogen-bond acceptors (Lipinski definition) is 1. The fourth-order valence-electron chi connectivity index (χ4n) is 1.95. The zero-order chi connectivity index (χ0) is 13.1. The number of pyridine rings is 1. The highest BCUT2D eigenvalue weighted by Crippen LogP contribution is 2.28. The predicted molar refractivity (Wildman–Crippen MR) is 76.7 cm³/mol. The van der Waals surface area contributed by atoms with Gasteiger partial charge in [0.05, 0.1) is 0 Å². The molecule has 0 unspecified atom stereocenters. The zero-order valence-corrected chi connectivity index (χ0v) is 11.6. The Balaban J connectivity index is 2.54. The van der Waals surface area contributed by atoms with Gasteiger partial charge in [0.25, 0.3) is 0 Å². The van der Waals surface area contributed by atoms with Gasteiger partial charge in [0.15, 0.2) is 0 Å². The summed E-state index contributed by atoms with van der Waals surface area (Å²) >= 11 is 0. The third-order valence-corrected chi connectivity index (χ3v) is 3.17. The van der Waals surface area contributed by atoms with E-state index in [9.17, 15) is 0 Å². The maximum atomic E-state index is 4.08. The van der Waals surface area contributed by atoms with E-state index >= 15 is 0 Å². The molecule has 0 aliphatic carbocycles. The second-order valence-corrected chi connectivity index (χ2v) is 5.32. The molecule has 2 aromatic rings. The summed E-state index contributed by atoms with van der Waals surface area (Å²) in [6.45, 7) is 8.86. The summed E-state index contributed by atoms with van der Waals surface area (Å²) in [6.07, 6.45) is 3.69. The summed E-state index contributed by atoms with van der Waals surface area (Å²) in [5.41, 5.74) is 5.06. The van der Waals surface area contributed by atoms with Crippen LogP contribution in [-0.4, -0.2) is 4.98 Å². The van der Waals surface area contributed by atoms with Gasteiger partial charge in [0.1, 0.15) is 0 Å². The van der Waals surface area contributed by atoms with E-state index in [0.717, 1.165) is 0 Å². The molecular weight excluding hydrogens is 218 g/mol. The lowest BCUT2D eigenvalue weighted by Crippen LogP contribution is -1.95. The van der Waals surface area contributed by atoms with Crippen molar-refractivity contribution >= 4 is 0 Å². The molecule has 2 rings (SSSR count). The van der Waals surface area contributed by atoms with Gasteiger partial charge in [-0.25, -0.2) is 0 Å². The first-order chi connectivity index (χ1) is 8.58. The Bertz CT molecular complexity index is 486. The molecule has 93 valence electrons. The second-order valence-electron chi connectivity index (χ2n) is 5.32. The van der Waals surface area contributed by atoms with Gasteiger partial charge in [-0.05, 0) is 52.3 Å². The Morgan fingerprint density at radius 2 is 1.33 bits per heavy atom. The molecule has 0 N–H and O–H groups in total. The van der Waals surface area contributed by atoms with Crippen LogP contribution in [0.2, 0.25) is 0 Å². The van der Waals surface area contributed by atoms with Crippen LogP contribution >= 0.6 is 0 Å². The Hall–Kier alpha value is -1.63. The first kappa shape index (κ1) is 12.8. The Morgan fingerprint density at radius 1 is 0.833 bits per heavy atom. The molecule has 1 nitrogen and oxygen atoms in total. The van der Waals surface area contributed by atoms with Crippen LogP contribution in [0.4, 0.5) is 0 Å². The van der Waals surface area contributed by atoms with Crippen molar-refractivity contribution in [3.05, 3.63) is 53.9 Å². The fraction of sp³-hybridized carbons (Fsp3) is 0.353. The lowest BCUT2D eigenvalue weighted by Gasteiger charge is -2.14. The Kier molecular flexibility index (Phi) is 3.81. The smallest absolute Gasteiger partial charge is 0.0273 e. The average Bonchev–Trinajstić information content (AvgIpc) is 2.39. The quantitative estimate of drug-likeness (QED) is 0.748. The van der Waals surface area contributed by atoms with E-state index in [1.165, 1.54) is 22.3 Å². The highest BCUT2D eigenvalue weighted by Gasteiger charge is 2.08. The van der Waals surface area contributed by atoms with Gasteiger partial charge in [-0.2, -0.15) is 0 Å². The molecule has 1 aromatic carbocycles. The number of rotatable bonds is 3. The van der Waals surface area contributed by atoms with Crippen LogP contribution in [0, 0.1) is 6.07 Å². The Labute approximate surface area is 110 Å². The van der Waals surface area contributed by atoms with Crippen molar-refractivity contribution in [2.45, 2.75) is 39.5 Å². The van der Waals surface area contributed by atoms with Crippen molar-refractivity contribution in [3.8, 4) is 11.1 Å². The highest BCUT2D eigenvalue weighted by atomic mass is 14.6. The monoisotopic (exact) mass is 238 g/mol. The van der Waals surface area contributed by atoms with Crippen molar-refractivity contribution in [2.24, 2.45) is 0 Å². The van der Waals surface area contributed by atoms with E-state index in [0.29, 0.717) is 11.8 Å². The van der Waals surface area contributed by atoms with Crippen molar-refractivity contribution < 1.29 is 0 Å². The molecule has 0 aliphatic rings. The normalized spacial score (nSPS) is 11.2. The van der Waals surface area contributed by atoms with Crippen LogP contribution in [0.3, 0.4) is 0 Å². The molecule has 0 atom stereocenters. The van der Waals surface area contributed by atoms with E-state index in [1.807, 2.05) is 12.4 Å². The molecule has 1 radical (unpaired) electrons. The summed E-state index contributed by atoms with van der Waals surface area (Å²) in [4.78, 5) is 4.08. The lowest BCUT2D eigenvalue weighted by molar-refractivity contribution is 0.831. The van der Waals surface area contributed by atoms with Gasteiger partial charge < -0.3 is 0 Å². The van der Waals surface area contributed by atoms with E-state index in [2.05, 4.69) is 63.0 Å². The molecule has 0 aliphatic heterocycles. The number of hydrogen-bond donors (Lipinski definition) is 0. The summed E-state index contributed by atoms with van der Waals surface area (Å²) in [5.74, 6) is 1.01. The molecule has 1 heteroatoms. The van der Waals surface area contributed by atoms with E-state index in [4.69, 9.17) is 0 Å². The molecule has 0 spiro atoms. The maximum Gasteiger partial charge on any atom is 0.0273 e. The first-order valence-electron chi connectivity index (χ1n) is 6.55. The van der Waals surface area contributed by atoms with Crippen molar-refractivity contribution in [3.63, 3.8) is 0 Å². The predicted octanol–water partition coefficient (Wildman–Crippen LogP) is 4.80. The molecule has 18 heavy (non-hydrogen) atoms. The van der Waals surface area contributed by atoms with Crippen LogP contribution in [0.5, 0.6) is 0 Å². The van der Waals surface area contributed by atoms with Crippen molar-refractivity contribution in [2.75, 3.05) is 0 Å². The minimum Gasteiger partial charge on any atom is -0.265 e. The molecule has 0 saturated carbocycles. The minimum atomic E-state index is 0.504. The molecule has 0 saturated heterocycles. The van der Waals surface area contributed by atoms with E-state index < -0.39 is 0 Å². The van der Waals surface area contributed by atoms with Crippen LogP contribution < -0.4 is 0 Å². The van der Waals surface area contributed by atoms with Gasteiger partial charge >= 0.3 is 0 Å². The first-order valence-corrected chi connectivity index (χ1v) is 6.55. The fourth-order valence-corrected chi connectivity index (χ4v) is 1.95. The lowest BCUT2D eigenvalue weighted by atomic mass is 9.91. The summed E-state index contributed by atoms with van der Waals surface area (Å²) in [7, 11) is 0. The number of benzene rings is 1. The highest BCUT2D eigenvalue weighted by molar-refractivity contribution is 5.64. The topological polar surface area (TPSA) is 12.9 Å². The third kappa shape index (κ3) is 2.79. The second kappa shape index (κ2) is 5.34. The van der Waals surface area contributed by atoms with Crippen molar-refractivity contribution in [1.82, 2.24) is 4.98 Å². The van der Waals surface area contributed by atoms with Gasteiger partial charge in [-0.1, -0.05) is 39.8 Å². The van der Waals surface area contributed by atoms with Crippen molar-refractivity contribution in [1.29, 1.82) is 0 Å². The van der Waals surface area contributed by atoms with Gasteiger partial charge in [0, 0.05) is 12.4 Å². The van der Waals surface area contributed by atoms with Crippen LogP contribution in [0.1, 0.15) is 50.7 Å². The van der Waals surface area contributed by atoms with Gasteiger partial charge in [-0.3, -0.25) is 4.98 Å². The number of aromatic nitrogens is 1. The van der Waals surface area contributed by atoms with Crippen LogP contribution in [-0.2, 0) is 0 Å². The minimum absolute atomic E-state index is 0.504. The third-order valence-electron chi connectivity index (χ3n) is 3.17. The maximum absolute atomic E-state index is 4.08. The summed E-state index contributed by atoms with van der Waals surface area (Å²) in [5, 5.41) is 0. The molecular formula is C17H20N. The standard InChI is InChI=1S/C17H20N/c1-12(2)15-9-16(13(3)4)11-17(10-15)14-5-7-18-8-6-14/h5-8,10-13H,1-4H3. The molecule has 0 fully saturated rings. The van der Waals surface area contributed by atoms with E-state index in [1.54, 1.807) is 0 Å². The SMILES string of the molecule is CC(C)c1[c]c(C(C)C)cc(-c2ccncc2)c1. The van der Waals surface area contributed by atoms with Crippen LogP contribution in [0.15, 0.2) is 36.7 Å². The molecule has 1 heterocycles. The molecule has 0 bridgehead atoms. The molecule has 0 amide bonds. The van der Waals surface area contributed by atoms with E-state index in [-0.39, 0.29) is 0 Å². The molecule has 1 aromatic heterocycles. The summed E-state index contributed by atoms with van der Waals surface area (Å²) < 4.78 is 0. The largest absolute Gasteiger partial charge is 0.265 e. The van der Waals surface area contributed by atoms with Gasteiger partial charge in [0.2, 0.25) is 0 Å². The zero-order valence-electron chi connectivity index (χ0n) is 11.6. The summed E-state index contributed by atoms with van der Waals surface area (Å²) in [6, 6.07) is 12.1. The van der Waals surface area contributed by atoms with Crippen LogP contribution in [0.25, 0.3) is 11.1 Å².